The van der Waals surface area contributed by atoms with Crippen molar-refractivity contribution in [3.05, 3.63) is 35.9 Å². The van der Waals surface area contributed by atoms with Crippen LogP contribution in [-0.2, 0) is 4.74 Å². The van der Waals surface area contributed by atoms with Crippen LogP contribution in [-0.4, -0.2) is 16.8 Å². The molecule has 5 atom stereocenters. The Morgan fingerprint density at radius 2 is 1.84 bits per heavy atom. The SMILES string of the molecule is CC1(C)[C@H]2CCC1(C)[C@@H](O)[C@@]21OC1c1ccccc1. The molecule has 1 aliphatic heterocycles. The molecule has 2 bridgehead atoms. The van der Waals surface area contributed by atoms with Gasteiger partial charge in [0.05, 0.1) is 6.10 Å². The van der Waals surface area contributed by atoms with Crippen LogP contribution in [0.25, 0.3) is 0 Å². The first-order valence-corrected chi connectivity index (χ1v) is 7.35. The fourth-order valence-corrected chi connectivity index (χ4v) is 5.09. The van der Waals surface area contributed by atoms with Crippen molar-refractivity contribution in [2.75, 3.05) is 0 Å². The molecule has 0 amide bonds. The molecule has 0 radical (unpaired) electrons. The molecule has 102 valence electrons. The molecule has 4 rings (SSSR count). The number of benzene rings is 1. The molecular formula is C17H22O2. The second-order valence-corrected chi connectivity index (χ2v) is 7.40. The van der Waals surface area contributed by atoms with Gasteiger partial charge < -0.3 is 9.84 Å². The summed E-state index contributed by atoms with van der Waals surface area (Å²) in [5.41, 5.74) is 1.07. The highest BCUT2D eigenvalue weighted by Gasteiger charge is 2.82. The second kappa shape index (κ2) is 3.24. The van der Waals surface area contributed by atoms with Crippen LogP contribution in [0.1, 0.15) is 45.3 Å². The summed E-state index contributed by atoms with van der Waals surface area (Å²) in [6, 6.07) is 10.4. The molecular weight excluding hydrogens is 236 g/mol. The summed E-state index contributed by atoms with van der Waals surface area (Å²) >= 11 is 0. The topological polar surface area (TPSA) is 32.8 Å². The van der Waals surface area contributed by atoms with E-state index in [-0.39, 0.29) is 28.6 Å². The first kappa shape index (κ1) is 11.9. The molecule has 2 nitrogen and oxygen atoms in total. The molecule has 2 saturated carbocycles. The minimum atomic E-state index is -0.334. The van der Waals surface area contributed by atoms with E-state index in [9.17, 15) is 5.11 Å². The van der Waals surface area contributed by atoms with E-state index in [0.29, 0.717) is 5.92 Å². The van der Waals surface area contributed by atoms with Crippen molar-refractivity contribution in [3.63, 3.8) is 0 Å². The van der Waals surface area contributed by atoms with Gasteiger partial charge in [-0.05, 0) is 29.7 Å². The Morgan fingerprint density at radius 3 is 2.42 bits per heavy atom. The van der Waals surface area contributed by atoms with Crippen molar-refractivity contribution in [1.29, 1.82) is 0 Å². The Hall–Kier alpha value is -0.860. The van der Waals surface area contributed by atoms with E-state index in [1.807, 2.05) is 6.07 Å². The highest BCUT2D eigenvalue weighted by Crippen LogP contribution is 2.78. The van der Waals surface area contributed by atoms with E-state index >= 15 is 0 Å². The zero-order valence-corrected chi connectivity index (χ0v) is 11.9. The lowest BCUT2D eigenvalue weighted by Crippen LogP contribution is -2.42. The van der Waals surface area contributed by atoms with Gasteiger partial charge in [0.2, 0.25) is 0 Å². The molecule has 1 spiro atoms. The van der Waals surface area contributed by atoms with Gasteiger partial charge in [0.1, 0.15) is 11.7 Å². The Bertz CT molecular complexity index is 523. The Balaban J connectivity index is 1.76. The molecule has 1 heterocycles. The van der Waals surface area contributed by atoms with Crippen molar-refractivity contribution in [2.45, 2.75) is 51.4 Å². The Morgan fingerprint density at radius 1 is 1.16 bits per heavy atom. The highest BCUT2D eigenvalue weighted by molar-refractivity contribution is 5.36. The zero-order chi connectivity index (χ0) is 13.5. The fourth-order valence-electron chi connectivity index (χ4n) is 5.09. The molecule has 1 saturated heterocycles. The molecule has 0 aromatic heterocycles. The van der Waals surface area contributed by atoms with Crippen molar-refractivity contribution in [3.8, 4) is 0 Å². The summed E-state index contributed by atoms with van der Waals surface area (Å²) in [5, 5.41) is 10.9. The lowest BCUT2D eigenvalue weighted by Gasteiger charge is -2.36. The zero-order valence-electron chi connectivity index (χ0n) is 11.9. The van der Waals surface area contributed by atoms with E-state index in [1.165, 1.54) is 12.0 Å². The van der Waals surface area contributed by atoms with Crippen molar-refractivity contribution in [1.82, 2.24) is 0 Å². The van der Waals surface area contributed by atoms with Crippen LogP contribution in [0.15, 0.2) is 30.3 Å². The van der Waals surface area contributed by atoms with Crippen LogP contribution < -0.4 is 0 Å². The maximum absolute atomic E-state index is 10.9. The van der Waals surface area contributed by atoms with Crippen LogP contribution in [0.3, 0.4) is 0 Å². The number of hydrogen-bond acceptors (Lipinski definition) is 2. The normalized spacial score (nSPS) is 49.8. The predicted octanol–water partition coefficient (Wildman–Crippen LogP) is 3.31. The van der Waals surface area contributed by atoms with Crippen LogP contribution in [0.4, 0.5) is 0 Å². The summed E-state index contributed by atoms with van der Waals surface area (Å²) < 4.78 is 6.15. The van der Waals surface area contributed by atoms with Crippen LogP contribution >= 0.6 is 0 Å². The van der Waals surface area contributed by atoms with E-state index in [4.69, 9.17) is 4.74 Å². The number of aliphatic hydroxyl groups is 1. The third-order valence-electron chi connectivity index (χ3n) is 6.65. The van der Waals surface area contributed by atoms with Gasteiger partial charge in [-0.1, -0.05) is 51.1 Å². The fraction of sp³-hybridized carbons (Fsp3) is 0.647. The minimum absolute atomic E-state index is 0.00119. The summed E-state index contributed by atoms with van der Waals surface area (Å²) in [4.78, 5) is 0. The van der Waals surface area contributed by atoms with E-state index in [0.717, 1.165) is 6.42 Å². The maximum atomic E-state index is 10.9. The molecule has 2 unspecified atom stereocenters. The number of fused-ring (bicyclic) bond motifs is 3. The van der Waals surface area contributed by atoms with Gasteiger partial charge in [-0.15, -0.1) is 0 Å². The summed E-state index contributed by atoms with van der Waals surface area (Å²) in [6.45, 7) is 6.87. The number of ether oxygens (including phenoxy) is 1. The highest BCUT2D eigenvalue weighted by atomic mass is 16.6. The largest absolute Gasteiger partial charge is 0.389 e. The number of rotatable bonds is 1. The molecule has 19 heavy (non-hydrogen) atoms. The summed E-state index contributed by atoms with van der Waals surface area (Å²) in [6.07, 6.45) is 2.07. The first-order chi connectivity index (χ1) is 8.94. The molecule has 3 aliphatic rings. The monoisotopic (exact) mass is 258 g/mol. The van der Waals surface area contributed by atoms with Gasteiger partial charge >= 0.3 is 0 Å². The van der Waals surface area contributed by atoms with Gasteiger partial charge in [0.15, 0.2) is 0 Å². The molecule has 3 fully saturated rings. The third kappa shape index (κ3) is 1.12. The van der Waals surface area contributed by atoms with Crippen LogP contribution in [0, 0.1) is 16.7 Å². The standard InChI is InChI=1S/C17H22O2/c1-15(2)12-9-10-16(15,3)14(18)17(12)13(19-17)11-7-5-4-6-8-11/h4-8,12-14,18H,9-10H2,1-3H3/t12-,13?,14-,16?,17-/m1/s1. The number of hydrogen-bond donors (Lipinski definition) is 1. The average molecular weight is 258 g/mol. The first-order valence-electron chi connectivity index (χ1n) is 7.35. The van der Waals surface area contributed by atoms with Crippen LogP contribution in [0.5, 0.6) is 0 Å². The number of epoxide rings is 1. The molecule has 1 aromatic rings. The Kier molecular flexibility index (Phi) is 2.03. The third-order valence-corrected chi connectivity index (χ3v) is 6.65. The van der Waals surface area contributed by atoms with E-state index in [2.05, 4.69) is 45.0 Å². The average Bonchev–Trinajstić information content (AvgIpc) is 3.05. The Labute approximate surface area is 114 Å². The smallest absolute Gasteiger partial charge is 0.129 e. The van der Waals surface area contributed by atoms with Gasteiger partial charge in [-0.3, -0.25) is 0 Å². The van der Waals surface area contributed by atoms with Gasteiger partial charge in [-0.2, -0.15) is 0 Å². The lowest BCUT2D eigenvalue weighted by molar-refractivity contribution is -0.0224. The maximum Gasteiger partial charge on any atom is 0.129 e. The minimum Gasteiger partial charge on any atom is -0.389 e. The van der Waals surface area contributed by atoms with Gasteiger partial charge in [-0.25, -0.2) is 0 Å². The van der Waals surface area contributed by atoms with Crippen molar-refractivity contribution in [2.24, 2.45) is 16.7 Å². The lowest BCUT2D eigenvalue weighted by atomic mass is 9.70. The van der Waals surface area contributed by atoms with Crippen LogP contribution in [0.2, 0.25) is 0 Å². The summed E-state index contributed by atoms with van der Waals surface area (Å²) in [7, 11) is 0. The predicted molar refractivity (Wildman–Crippen MR) is 73.6 cm³/mol. The van der Waals surface area contributed by atoms with Crippen molar-refractivity contribution < 1.29 is 9.84 Å². The molecule has 2 aliphatic carbocycles. The van der Waals surface area contributed by atoms with Gasteiger partial charge in [0, 0.05) is 5.41 Å². The van der Waals surface area contributed by atoms with Gasteiger partial charge in [0.25, 0.3) is 0 Å². The quantitative estimate of drug-likeness (QED) is 0.784. The molecule has 1 N–H and O–H groups in total. The van der Waals surface area contributed by atoms with E-state index < -0.39 is 0 Å². The van der Waals surface area contributed by atoms with Crippen molar-refractivity contribution >= 4 is 0 Å². The number of aliphatic hydroxyl groups excluding tert-OH is 1. The second-order valence-electron chi connectivity index (χ2n) is 7.40. The summed E-state index contributed by atoms with van der Waals surface area (Å²) in [5.74, 6) is 0.477. The van der Waals surface area contributed by atoms with E-state index in [1.54, 1.807) is 0 Å². The molecule has 1 aromatic carbocycles. The molecule has 2 heteroatoms.